The van der Waals surface area contributed by atoms with E-state index in [1.165, 1.54) is 77.1 Å². The zero-order valence-corrected chi connectivity index (χ0v) is 32.6. The number of anilines is 2. The highest BCUT2D eigenvalue weighted by atomic mass is 15.2. The van der Waals surface area contributed by atoms with Crippen LogP contribution in [0, 0.1) is 0 Å². The van der Waals surface area contributed by atoms with Gasteiger partial charge in [-0.3, -0.25) is 0 Å². The lowest BCUT2D eigenvalue weighted by molar-refractivity contribution is 0.727. The van der Waals surface area contributed by atoms with Crippen molar-refractivity contribution in [1.29, 1.82) is 0 Å². The van der Waals surface area contributed by atoms with Gasteiger partial charge in [0.25, 0.3) is 0 Å². The molecular weight excluding hydrogens is 729 g/mol. The summed E-state index contributed by atoms with van der Waals surface area (Å²) in [5.41, 5.74) is 12.7. The second-order valence-electron chi connectivity index (χ2n) is 16.0. The number of para-hydroxylation sites is 4. The Bertz CT molecular complexity index is 3570. The third-order valence-electron chi connectivity index (χ3n) is 12.9. The summed E-state index contributed by atoms with van der Waals surface area (Å²) in [6.07, 6.45) is 4.84. The molecule has 4 nitrogen and oxygen atoms in total. The molecule has 0 radical (unpaired) electrons. The molecule has 1 aliphatic carbocycles. The molecule has 0 bridgehead atoms. The summed E-state index contributed by atoms with van der Waals surface area (Å²) in [5, 5.41) is 9.76. The summed E-state index contributed by atoms with van der Waals surface area (Å²) in [5.74, 6) is 0.824. The molecule has 1 aliphatic heterocycles. The third kappa shape index (κ3) is 4.73. The number of rotatable bonds is 4. The average molecular weight is 765 g/mol. The van der Waals surface area contributed by atoms with Crippen molar-refractivity contribution in [3.63, 3.8) is 0 Å². The molecule has 280 valence electrons. The molecule has 0 spiro atoms. The van der Waals surface area contributed by atoms with Crippen molar-refractivity contribution in [2.75, 3.05) is 4.90 Å². The Morgan fingerprint density at radius 3 is 1.87 bits per heavy atom. The van der Waals surface area contributed by atoms with Gasteiger partial charge in [0, 0.05) is 44.6 Å². The first-order valence-corrected chi connectivity index (χ1v) is 20.7. The van der Waals surface area contributed by atoms with E-state index in [0.717, 1.165) is 33.5 Å². The monoisotopic (exact) mass is 764 g/mol. The van der Waals surface area contributed by atoms with Crippen LogP contribution >= 0.6 is 0 Å². The lowest BCUT2D eigenvalue weighted by Crippen LogP contribution is -2.31. The van der Waals surface area contributed by atoms with Gasteiger partial charge in [-0.25, -0.2) is 9.97 Å². The number of benzene rings is 9. The summed E-state index contributed by atoms with van der Waals surface area (Å²) in [6, 6.07) is 70.3. The number of fused-ring (bicyclic) bond motifs is 14. The highest BCUT2D eigenvalue weighted by molar-refractivity contribution is 6.29. The first-order chi connectivity index (χ1) is 29.8. The first-order valence-electron chi connectivity index (χ1n) is 20.7. The topological polar surface area (TPSA) is 34.0 Å². The van der Waals surface area contributed by atoms with E-state index in [1.54, 1.807) is 0 Å². The maximum Gasteiger partial charge on any atom is 0.160 e. The second kappa shape index (κ2) is 12.8. The first kappa shape index (κ1) is 33.2. The maximum atomic E-state index is 5.43. The van der Waals surface area contributed by atoms with E-state index in [1.807, 2.05) is 6.07 Å². The van der Waals surface area contributed by atoms with E-state index in [-0.39, 0.29) is 12.0 Å². The SMILES string of the molecule is C1=CC2C(c3ccccc3N2c2cc(-c3nc(-c4ccccc4)nc4ccccc34)cc3c4ccccc4c4ccccc4c23)c2c1n(-c1ccccc1)c1ccccc21. The summed E-state index contributed by atoms with van der Waals surface area (Å²) in [4.78, 5) is 13.2. The fourth-order valence-corrected chi connectivity index (χ4v) is 10.4. The molecule has 0 amide bonds. The fourth-order valence-electron chi connectivity index (χ4n) is 10.4. The van der Waals surface area contributed by atoms with Gasteiger partial charge in [0.2, 0.25) is 0 Å². The molecule has 60 heavy (non-hydrogen) atoms. The van der Waals surface area contributed by atoms with Crippen molar-refractivity contribution in [3.05, 3.63) is 217 Å². The predicted molar refractivity (Wildman–Crippen MR) is 249 cm³/mol. The second-order valence-corrected chi connectivity index (χ2v) is 16.0. The van der Waals surface area contributed by atoms with Crippen molar-refractivity contribution < 1.29 is 0 Å². The molecule has 2 aromatic heterocycles. The van der Waals surface area contributed by atoms with E-state index >= 15 is 0 Å². The van der Waals surface area contributed by atoms with Crippen molar-refractivity contribution in [2.45, 2.75) is 12.0 Å². The fraction of sp³-hybridized carbons (Fsp3) is 0.0357. The van der Waals surface area contributed by atoms with Crippen molar-refractivity contribution in [3.8, 4) is 28.3 Å². The Morgan fingerprint density at radius 2 is 1.07 bits per heavy atom. The van der Waals surface area contributed by atoms with Crippen LogP contribution < -0.4 is 4.90 Å². The molecule has 2 aliphatic rings. The lowest BCUT2D eigenvalue weighted by Gasteiger charge is -2.33. The summed E-state index contributed by atoms with van der Waals surface area (Å²) in [6.45, 7) is 0. The number of hydrogen-bond acceptors (Lipinski definition) is 3. The van der Waals surface area contributed by atoms with Crippen molar-refractivity contribution in [2.24, 2.45) is 0 Å². The zero-order chi connectivity index (χ0) is 39.3. The smallest absolute Gasteiger partial charge is 0.160 e. The van der Waals surface area contributed by atoms with Crippen LogP contribution in [0.3, 0.4) is 0 Å². The molecule has 4 heteroatoms. The quantitative estimate of drug-likeness (QED) is 0.167. The van der Waals surface area contributed by atoms with Crippen LogP contribution in [-0.2, 0) is 0 Å². The third-order valence-corrected chi connectivity index (χ3v) is 12.9. The highest BCUT2D eigenvalue weighted by Crippen LogP contribution is 2.56. The van der Waals surface area contributed by atoms with E-state index < -0.39 is 0 Å². The minimum Gasteiger partial charge on any atom is -0.333 e. The van der Waals surface area contributed by atoms with Crippen molar-refractivity contribution in [1.82, 2.24) is 14.5 Å². The molecule has 9 aromatic carbocycles. The molecule has 2 atom stereocenters. The van der Waals surface area contributed by atoms with Gasteiger partial charge < -0.3 is 9.47 Å². The van der Waals surface area contributed by atoms with Gasteiger partial charge in [-0.05, 0) is 86.6 Å². The molecule has 2 unspecified atom stereocenters. The van der Waals surface area contributed by atoms with Crippen LogP contribution in [-0.4, -0.2) is 20.6 Å². The Labute approximate surface area is 347 Å². The molecule has 0 N–H and O–H groups in total. The maximum absolute atomic E-state index is 5.43. The standard InChI is InChI=1S/C56H36N4/c1-3-17-35(18-4-1)56-57-46-28-14-11-25-42(46)55(58-56)36-33-45-40-23-8-7-21-38(40)39-22-9-10-24-41(39)52(45)51(34-36)60-48-30-16-13-27-44(48)54-50(60)32-31-49-53(54)43-26-12-15-29-47(43)59(49)37-19-5-2-6-20-37/h1-34,50,54H. The Hall–Kier alpha value is -7.82. The number of aromatic nitrogens is 3. The van der Waals surface area contributed by atoms with E-state index in [4.69, 9.17) is 9.97 Å². The predicted octanol–water partition coefficient (Wildman–Crippen LogP) is 14.0. The minimum absolute atomic E-state index is 0.0237. The van der Waals surface area contributed by atoms with E-state index in [2.05, 4.69) is 210 Å². The van der Waals surface area contributed by atoms with E-state index in [0.29, 0.717) is 0 Å². The van der Waals surface area contributed by atoms with Crippen LogP contribution in [0.25, 0.3) is 88.5 Å². The van der Waals surface area contributed by atoms with Gasteiger partial charge >= 0.3 is 0 Å². The van der Waals surface area contributed by atoms with Gasteiger partial charge in [-0.2, -0.15) is 0 Å². The minimum atomic E-state index is 0.0237. The Kier molecular flexibility index (Phi) is 7.10. The number of hydrogen-bond donors (Lipinski definition) is 0. The number of nitrogens with zero attached hydrogens (tertiary/aromatic N) is 4. The van der Waals surface area contributed by atoms with Gasteiger partial charge in [0.1, 0.15) is 0 Å². The van der Waals surface area contributed by atoms with Gasteiger partial charge in [-0.1, -0.05) is 158 Å². The Morgan fingerprint density at radius 1 is 0.450 bits per heavy atom. The molecule has 0 fully saturated rings. The molecule has 0 saturated carbocycles. The normalized spacial score (nSPS) is 15.6. The molecule has 13 rings (SSSR count). The van der Waals surface area contributed by atoms with Crippen LogP contribution in [0.5, 0.6) is 0 Å². The van der Waals surface area contributed by atoms with Crippen LogP contribution in [0.15, 0.2) is 200 Å². The van der Waals surface area contributed by atoms with Gasteiger partial charge in [0.15, 0.2) is 5.82 Å². The zero-order valence-electron chi connectivity index (χ0n) is 32.6. The summed E-state index contributed by atoms with van der Waals surface area (Å²) >= 11 is 0. The van der Waals surface area contributed by atoms with Crippen molar-refractivity contribution >= 4 is 71.6 Å². The molecule has 11 aromatic rings. The highest BCUT2D eigenvalue weighted by Gasteiger charge is 2.44. The van der Waals surface area contributed by atoms with Gasteiger partial charge in [-0.15, -0.1) is 0 Å². The average Bonchev–Trinajstić information content (AvgIpc) is 3.84. The van der Waals surface area contributed by atoms with Crippen LogP contribution in [0.4, 0.5) is 11.4 Å². The van der Waals surface area contributed by atoms with Crippen LogP contribution in [0.1, 0.15) is 22.7 Å². The van der Waals surface area contributed by atoms with Crippen LogP contribution in [0.2, 0.25) is 0 Å². The molecular formula is C56H36N4. The lowest BCUT2D eigenvalue weighted by atomic mass is 9.82. The van der Waals surface area contributed by atoms with Gasteiger partial charge in [0.05, 0.1) is 34.2 Å². The summed E-state index contributed by atoms with van der Waals surface area (Å²) < 4.78 is 2.45. The molecule has 3 heterocycles. The largest absolute Gasteiger partial charge is 0.333 e. The Balaban J connectivity index is 1.14. The summed E-state index contributed by atoms with van der Waals surface area (Å²) in [7, 11) is 0. The van der Waals surface area contributed by atoms with E-state index in [9.17, 15) is 0 Å². The molecule has 0 saturated heterocycles.